The third-order valence-electron chi connectivity index (χ3n) is 6.14. The summed E-state index contributed by atoms with van der Waals surface area (Å²) in [7, 11) is 2.95. The third kappa shape index (κ3) is 4.49. The zero-order valence-corrected chi connectivity index (χ0v) is 20.9. The molecule has 11 nitrogen and oxygen atoms in total. The summed E-state index contributed by atoms with van der Waals surface area (Å²) in [4.78, 5) is 51.5. The first-order chi connectivity index (χ1) is 16.8. The Labute approximate surface area is 208 Å². The number of benzene rings is 1. The van der Waals surface area contributed by atoms with Crippen LogP contribution in [0, 0.1) is 0 Å². The third-order valence-corrected chi connectivity index (χ3v) is 7.41. The van der Waals surface area contributed by atoms with Crippen LogP contribution in [0.5, 0.6) is 0 Å². The summed E-state index contributed by atoms with van der Waals surface area (Å²) < 4.78 is 10.1. The standard InChI is InChI=1S/C22H24ClN7O4S/c1-26-19-18(20(32)27(2)22(26)33)29(13-24-19)12-17(31)30(6-5-28-7-9-34-10-8-28)21-25-15-4-3-14(23)11-16(15)35-21/h3-4,11,13H,5-10,12H2,1-2H3. The maximum atomic E-state index is 13.6. The van der Waals surface area contributed by atoms with Gasteiger partial charge < -0.3 is 9.30 Å². The fourth-order valence-corrected chi connectivity index (χ4v) is 5.43. The molecule has 0 atom stereocenters. The Kier molecular flexibility index (Phi) is 6.45. The van der Waals surface area contributed by atoms with Gasteiger partial charge in [0.25, 0.3) is 5.56 Å². The molecule has 3 aromatic heterocycles. The average Bonchev–Trinajstić information content (AvgIpc) is 3.46. The molecule has 5 rings (SSSR count). The Balaban J connectivity index is 1.48. The van der Waals surface area contributed by atoms with E-state index in [1.165, 1.54) is 33.8 Å². The second-order valence-corrected chi connectivity index (χ2v) is 9.80. The van der Waals surface area contributed by atoms with Gasteiger partial charge in [0.1, 0.15) is 6.54 Å². The SMILES string of the molecule is Cn1c(=O)c2c(ncn2CC(=O)N(CCN2CCOCC2)c2nc3ccc(Cl)cc3s2)n(C)c1=O. The van der Waals surface area contributed by atoms with Crippen molar-refractivity contribution in [2.45, 2.75) is 6.54 Å². The maximum Gasteiger partial charge on any atom is 0.332 e. The van der Waals surface area contributed by atoms with Crippen LogP contribution in [0.2, 0.25) is 5.02 Å². The minimum atomic E-state index is -0.497. The van der Waals surface area contributed by atoms with Crippen LogP contribution in [-0.2, 0) is 30.2 Å². The van der Waals surface area contributed by atoms with E-state index >= 15 is 0 Å². The van der Waals surface area contributed by atoms with Crippen molar-refractivity contribution in [2.75, 3.05) is 44.3 Å². The van der Waals surface area contributed by atoms with E-state index in [4.69, 9.17) is 16.3 Å². The number of nitrogens with zero attached hydrogens (tertiary/aromatic N) is 7. The van der Waals surface area contributed by atoms with Gasteiger partial charge in [-0.05, 0) is 18.2 Å². The molecule has 1 saturated heterocycles. The molecule has 1 fully saturated rings. The minimum Gasteiger partial charge on any atom is -0.379 e. The lowest BCUT2D eigenvalue weighted by Gasteiger charge is -2.29. The first kappa shape index (κ1) is 23.7. The molecule has 0 unspecified atom stereocenters. The zero-order chi connectivity index (χ0) is 24.7. The topological polar surface area (TPSA) is 107 Å². The van der Waals surface area contributed by atoms with E-state index in [1.807, 2.05) is 12.1 Å². The second-order valence-electron chi connectivity index (χ2n) is 8.36. The number of aryl methyl sites for hydroxylation is 1. The molecule has 0 N–H and O–H groups in total. The summed E-state index contributed by atoms with van der Waals surface area (Å²) in [6, 6.07) is 5.43. The highest BCUT2D eigenvalue weighted by Crippen LogP contribution is 2.31. The molecule has 4 aromatic rings. The van der Waals surface area contributed by atoms with Crippen LogP contribution in [0.4, 0.5) is 5.13 Å². The van der Waals surface area contributed by atoms with Crippen LogP contribution in [0.15, 0.2) is 34.1 Å². The van der Waals surface area contributed by atoms with Gasteiger partial charge in [0.15, 0.2) is 16.3 Å². The number of thiazole rings is 1. The summed E-state index contributed by atoms with van der Waals surface area (Å²) in [5.74, 6) is -0.237. The Hall–Kier alpha value is -3.06. The number of imidazole rings is 1. The molecule has 0 bridgehead atoms. The van der Waals surface area contributed by atoms with E-state index < -0.39 is 11.2 Å². The van der Waals surface area contributed by atoms with E-state index in [-0.39, 0.29) is 23.6 Å². The molecule has 0 spiro atoms. The van der Waals surface area contributed by atoms with Crippen molar-refractivity contribution in [3.05, 3.63) is 50.4 Å². The molecule has 4 heterocycles. The number of ether oxygens (including phenoxy) is 1. The molecule has 1 aliphatic heterocycles. The number of hydrogen-bond donors (Lipinski definition) is 0. The van der Waals surface area contributed by atoms with Gasteiger partial charge in [-0.1, -0.05) is 22.9 Å². The number of halogens is 1. The Morgan fingerprint density at radius 1 is 1.20 bits per heavy atom. The number of hydrogen-bond acceptors (Lipinski definition) is 8. The minimum absolute atomic E-state index is 0.121. The van der Waals surface area contributed by atoms with E-state index in [2.05, 4.69) is 14.9 Å². The number of anilines is 1. The monoisotopic (exact) mass is 517 g/mol. The molecule has 13 heteroatoms. The Bertz CT molecular complexity index is 1530. The number of fused-ring (bicyclic) bond motifs is 2. The molecule has 0 radical (unpaired) electrons. The van der Waals surface area contributed by atoms with Gasteiger partial charge in [-0.15, -0.1) is 0 Å². The van der Waals surface area contributed by atoms with Crippen molar-refractivity contribution in [3.63, 3.8) is 0 Å². The van der Waals surface area contributed by atoms with Crippen LogP contribution >= 0.6 is 22.9 Å². The van der Waals surface area contributed by atoms with Crippen LogP contribution < -0.4 is 16.1 Å². The Morgan fingerprint density at radius 3 is 2.74 bits per heavy atom. The normalized spacial score (nSPS) is 14.7. The summed E-state index contributed by atoms with van der Waals surface area (Å²) in [6.07, 6.45) is 1.42. The molecule has 0 saturated carbocycles. The summed E-state index contributed by atoms with van der Waals surface area (Å²) >= 11 is 7.54. The molecular formula is C22H24ClN7O4S. The van der Waals surface area contributed by atoms with Crippen molar-refractivity contribution >= 4 is 55.4 Å². The number of morpholine rings is 1. The highest BCUT2D eigenvalue weighted by Gasteiger charge is 2.24. The van der Waals surface area contributed by atoms with E-state index in [1.54, 1.807) is 18.0 Å². The van der Waals surface area contributed by atoms with Crippen LogP contribution in [0.25, 0.3) is 21.4 Å². The number of carbonyl (C=O) groups excluding carboxylic acids is 1. The van der Waals surface area contributed by atoms with Crippen LogP contribution in [-0.4, -0.2) is 73.9 Å². The highest BCUT2D eigenvalue weighted by molar-refractivity contribution is 7.22. The number of rotatable bonds is 6. The van der Waals surface area contributed by atoms with Crippen molar-refractivity contribution in [2.24, 2.45) is 14.1 Å². The molecule has 1 aliphatic rings. The zero-order valence-electron chi connectivity index (χ0n) is 19.3. The molecule has 1 aromatic carbocycles. The largest absolute Gasteiger partial charge is 0.379 e. The van der Waals surface area contributed by atoms with Crippen molar-refractivity contribution in [1.29, 1.82) is 0 Å². The number of amides is 1. The van der Waals surface area contributed by atoms with Gasteiger partial charge in [0.05, 0.1) is 29.8 Å². The van der Waals surface area contributed by atoms with Gasteiger partial charge in [-0.2, -0.15) is 0 Å². The van der Waals surface area contributed by atoms with Crippen molar-refractivity contribution in [3.8, 4) is 0 Å². The highest BCUT2D eigenvalue weighted by atomic mass is 35.5. The molecule has 1 amide bonds. The lowest BCUT2D eigenvalue weighted by atomic mass is 10.3. The lowest BCUT2D eigenvalue weighted by molar-refractivity contribution is -0.119. The molecule has 0 aliphatic carbocycles. The fraction of sp³-hybridized carbons (Fsp3) is 0.409. The lowest BCUT2D eigenvalue weighted by Crippen LogP contribution is -2.44. The van der Waals surface area contributed by atoms with Crippen LogP contribution in [0.1, 0.15) is 0 Å². The molecule has 35 heavy (non-hydrogen) atoms. The first-order valence-electron chi connectivity index (χ1n) is 11.1. The van der Waals surface area contributed by atoms with E-state index in [0.29, 0.717) is 36.5 Å². The van der Waals surface area contributed by atoms with Gasteiger partial charge in [0, 0.05) is 45.3 Å². The summed E-state index contributed by atoms with van der Waals surface area (Å²) in [5, 5.41) is 1.16. The van der Waals surface area contributed by atoms with Gasteiger partial charge >= 0.3 is 5.69 Å². The average molecular weight is 518 g/mol. The smallest absolute Gasteiger partial charge is 0.332 e. The first-order valence-corrected chi connectivity index (χ1v) is 12.3. The second kappa shape index (κ2) is 9.53. The number of carbonyl (C=O) groups is 1. The molecular weight excluding hydrogens is 494 g/mol. The van der Waals surface area contributed by atoms with Gasteiger partial charge in [-0.3, -0.25) is 28.5 Å². The van der Waals surface area contributed by atoms with Gasteiger partial charge in [0.2, 0.25) is 5.91 Å². The number of aromatic nitrogens is 5. The van der Waals surface area contributed by atoms with Crippen LogP contribution in [0.3, 0.4) is 0 Å². The summed E-state index contributed by atoms with van der Waals surface area (Å²) in [5.41, 5.74) is 0.227. The quantitative estimate of drug-likeness (QED) is 0.376. The van der Waals surface area contributed by atoms with E-state index in [0.717, 1.165) is 27.9 Å². The fourth-order valence-electron chi connectivity index (χ4n) is 4.14. The van der Waals surface area contributed by atoms with Crippen molar-refractivity contribution in [1.82, 2.24) is 28.6 Å². The maximum absolute atomic E-state index is 13.6. The summed E-state index contributed by atoms with van der Waals surface area (Å²) in [6.45, 7) is 3.89. The van der Waals surface area contributed by atoms with E-state index in [9.17, 15) is 14.4 Å². The Morgan fingerprint density at radius 2 is 1.97 bits per heavy atom. The van der Waals surface area contributed by atoms with Crippen molar-refractivity contribution < 1.29 is 9.53 Å². The van der Waals surface area contributed by atoms with Gasteiger partial charge in [-0.25, -0.2) is 14.8 Å². The predicted molar refractivity (Wildman–Crippen MR) is 134 cm³/mol. The predicted octanol–water partition coefficient (Wildman–Crippen LogP) is 1.06. The molecule has 184 valence electrons.